The van der Waals surface area contributed by atoms with Gasteiger partial charge in [0.1, 0.15) is 5.75 Å². The molecule has 0 spiro atoms. The molecule has 0 unspecified atom stereocenters. The van der Waals surface area contributed by atoms with E-state index in [1.807, 2.05) is 6.92 Å². The first-order chi connectivity index (χ1) is 14.5. The molecule has 0 atom stereocenters. The number of hydrogen-bond donors (Lipinski definition) is 3. The molecular formula is C23H29N3O4. The summed E-state index contributed by atoms with van der Waals surface area (Å²) < 4.78 is 5.62. The number of unbranched alkanes of at least 4 members (excludes halogenated alkanes) is 2. The lowest BCUT2D eigenvalue weighted by atomic mass is 10.2. The van der Waals surface area contributed by atoms with Crippen molar-refractivity contribution < 1.29 is 19.1 Å². The lowest BCUT2D eigenvalue weighted by Crippen LogP contribution is -2.41. The Balaban J connectivity index is 1.81. The molecule has 7 heteroatoms. The van der Waals surface area contributed by atoms with Crippen LogP contribution < -0.4 is 20.9 Å². The second-order valence-electron chi connectivity index (χ2n) is 6.86. The van der Waals surface area contributed by atoms with Crippen molar-refractivity contribution in [1.82, 2.24) is 10.9 Å². The summed E-state index contributed by atoms with van der Waals surface area (Å²) in [6, 6.07) is 13.2. The van der Waals surface area contributed by atoms with Crippen molar-refractivity contribution in [2.24, 2.45) is 0 Å². The quantitative estimate of drug-likeness (QED) is 0.406. The van der Waals surface area contributed by atoms with Gasteiger partial charge in [-0.15, -0.1) is 0 Å². The predicted molar refractivity (Wildman–Crippen MR) is 116 cm³/mol. The minimum atomic E-state index is -0.453. The van der Waals surface area contributed by atoms with Gasteiger partial charge in [-0.05, 0) is 61.4 Å². The van der Waals surface area contributed by atoms with E-state index in [1.165, 1.54) is 0 Å². The Labute approximate surface area is 177 Å². The van der Waals surface area contributed by atoms with E-state index >= 15 is 0 Å². The highest BCUT2D eigenvalue weighted by Gasteiger charge is 2.10. The lowest BCUT2D eigenvalue weighted by Gasteiger charge is -2.09. The summed E-state index contributed by atoms with van der Waals surface area (Å²) in [5.74, 6) is -0.243. The monoisotopic (exact) mass is 411 g/mol. The van der Waals surface area contributed by atoms with E-state index in [1.54, 1.807) is 48.5 Å². The molecular weight excluding hydrogens is 382 g/mol. The average Bonchev–Trinajstić information content (AvgIpc) is 2.76. The van der Waals surface area contributed by atoms with E-state index in [4.69, 9.17) is 4.74 Å². The van der Waals surface area contributed by atoms with E-state index in [9.17, 15) is 14.4 Å². The number of rotatable bonds is 10. The van der Waals surface area contributed by atoms with E-state index < -0.39 is 11.8 Å². The van der Waals surface area contributed by atoms with Crippen LogP contribution in [0.25, 0.3) is 0 Å². The Bertz CT molecular complexity index is 833. The molecule has 3 amide bonds. The third-order valence-electron chi connectivity index (χ3n) is 4.33. The molecule has 2 aromatic carbocycles. The van der Waals surface area contributed by atoms with Gasteiger partial charge in [-0.1, -0.05) is 26.7 Å². The Kier molecular flexibility index (Phi) is 9.37. The van der Waals surface area contributed by atoms with Crippen LogP contribution in [0.5, 0.6) is 5.75 Å². The first kappa shape index (κ1) is 22.9. The normalized spacial score (nSPS) is 10.2. The summed E-state index contributed by atoms with van der Waals surface area (Å²) in [6.07, 6.45) is 4.46. The van der Waals surface area contributed by atoms with Gasteiger partial charge in [0.15, 0.2) is 0 Å². The topological polar surface area (TPSA) is 96.5 Å². The Morgan fingerprint density at radius 1 is 0.767 bits per heavy atom. The van der Waals surface area contributed by atoms with Crippen molar-refractivity contribution in [3.63, 3.8) is 0 Å². The number of hydrazine groups is 1. The molecule has 0 aliphatic rings. The van der Waals surface area contributed by atoms with E-state index in [0.29, 0.717) is 35.6 Å². The van der Waals surface area contributed by atoms with Crippen molar-refractivity contribution in [2.45, 2.75) is 46.0 Å². The standard InChI is InChI=1S/C23H29N3O4/c1-3-5-6-16-30-20-14-10-18(11-15-20)23(29)26-25-22(28)17-8-12-19(13-9-17)24-21(27)7-4-2/h8-15H,3-7,16H2,1-2H3,(H,24,27)(H,25,28)(H,26,29). The van der Waals surface area contributed by atoms with Crippen molar-refractivity contribution in [3.8, 4) is 5.75 Å². The Morgan fingerprint density at radius 2 is 1.33 bits per heavy atom. The van der Waals surface area contributed by atoms with E-state index in [2.05, 4.69) is 23.1 Å². The number of amides is 3. The smallest absolute Gasteiger partial charge is 0.269 e. The van der Waals surface area contributed by atoms with Gasteiger partial charge in [-0.2, -0.15) is 0 Å². The highest BCUT2D eigenvalue weighted by atomic mass is 16.5. The fourth-order valence-electron chi connectivity index (χ4n) is 2.66. The molecule has 2 aromatic rings. The summed E-state index contributed by atoms with van der Waals surface area (Å²) in [5.41, 5.74) is 6.16. The van der Waals surface area contributed by atoms with Crippen LogP contribution in [-0.4, -0.2) is 24.3 Å². The number of ether oxygens (including phenoxy) is 1. The number of benzene rings is 2. The SMILES string of the molecule is CCCCCOc1ccc(C(=O)NNC(=O)c2ccc(NC(=O)CCC)cc2)cc1. The van der Waals surface area contributed by atoms with Crippen LogP contribution in [0, 0.1) is 0 Å². The maximum Gasteiger partial charge on any atom is 0.269 e. The largest absolute Gasteiger partial charge is 0.494 e. The Hall–Kier alpha value is -3.35. The first-order valence-electron chi connectivity index (χ1n) is 10.3. The van der Waals surface area contributed by atoms with Crippen LogP contribution in [0.15, 0.2) is 48.5 Å². The van der Waals surface area contributed by atoms with E-state index in [-0.39, 0.29) is 5.91 Å². The zero-order valence-corrected chi connectivity index (χ0v) is 17.5. The van der Waals surface area contributed by atoms with Gasteiger partial charge >= 0.3 is 0 Å². The van der Waals surface area contributed by atoms with Crippen LogP contribution in [0.4, 0.5) is 5.69 Å². The van der Waals surface area contributed by atoms with Gasteiger partial charge < -0.3 is 10.1 Å². The maximum atomic E-state index is 12.2. The van der Waals surface area contributed by atoms with Crippen molar-refractivity contribution in [3.05, 3.63) is 59.7 Å². The van der Waals surface area contributed by atoms with Crippen molar-refractivity contribution in [2.75, 3.05) is 11.9 Å². The number of nitrogens with one attached hydrogen (secondary N) is 3. The van der Waals surface area contributed by atoms with Gasteiger partial charge in [-0.25, -0.2) is 0 Å². The third kappa shape index (κ3) is 7.58. The number of hydrogen-bond acceptors (Lipinski definition) is 4. The molecule has 7 nitrogen and oxygen atoms in total. The summed E-state index contributed by atoms with van der Waals surface area (Å²) in [6.45, 7) is 4.71. The number of carbonyl (C=O) groups is 3. The minimum absolute atomic E-state index is 0.0701. The molecule has 0 aliphatic carbocycles. The number of carbonyl (C=O) groups excluding carboxylic acids is 3. The second kappa shape index (κ2) is 12.3. The summed E-state index contributed by atoms with van der Waals surface area (Å²) in [4.78, 5) is 36.0. The molecule has 3 N–H and O–H groups in total. The van der Waals surface area contributed by atoms with Crippen molar-refractivity contribution >= 4 is 23.4 Å². The maximum absolute atomic E-state index is 12.2. The minimum Gasteiger partial charge on any atom is -0.494 e. The van der Waals surface area contributed by atoms with Crippen molar-refractivity contribution in [1.29, 1.82) is 0 Å². The zero-order valence-electron chi connectivity index (χ0n) is 17.5. The fraction of sp³-hybridized carbons (Fsp3) is 0.348. The van der Waals surface area contributed by atoms with Crippen LogP contribution in [-0.2, 0) is 4.79 Å². The van der Waals surface area contributed by atoms with Crippen LogP contribution in [0.3, 0.4) is 0 Å². The van der Waals surface area contributed by atoms with E-state index in [0.717, 1.165) is 25.7 Å². The predicted octanol–water partition coefficient (Wildman–Crippen LogP) is 4.07. The molecule has 160 valence electrons. The third-order valence-corrected chi connectivity index (χ3v) is 4.33. The Morgan fingerprint density at radius 3 is 1.87 bits per heavy atom. The summed E-state index contributed by atoms with van der Waals surface area (Å²) >= 11 is 0. The van der Waals surface area contributed by atoms with Gasteiger partial charge in [0, 0.05) is 23.2 Å². The molecule has 0 aromatic heterocycles. The van der Waals surface area contributed by atoms with Crippen LogP contribution >= 0.6 is 0 Å². The van der Waals surface area contributed by atoms with Crippen LogP contribution in [0.2, 0.25) is 0 Å². The zero-order chi connectivity index (χ0) is 21.8. The fourth-order valence-corrected chi connectivity index (χ4v) is 2.66. The average molecular weight is 412 g/mol. The summed E-state index contributed by atoms with van der Waals surface area (Å²) in [7, 11) is 0. The molecule has 2 rings (SSSR count). The van der Waals surface area contributed by atoms with Gasteiger partial charge in [0.05, 0.1) is 6.61 Å². The summed E-state index contributed by atoms with van der Waals surface area (Å²) in [5, 5.41) is 2.75. The molecule has 0 saturated carbocycles. The molecule has 0 aliphatic heterocycles. The van der Waals surface area contributed by atoms with Gasteiger partial charge in [-0.3, -0.25) is 25.2 Å². The molecule has 0 heterocycles. The van der Waals surface area contributed by atoms with Gasteiger partial charge in [0.2, 0.25) is 5.91 Å². The highest BCUT2D eigenvalue weighted by molar-refractivity contribution is 5.99. The molecule has 30 heavy (non-hydrogen) atoms. The number of anilines is 1. The molecule has 0 fully saturated rings. The lowest BCUT2D eigenvalue weighted by molar-refractivity contribution is -0.116. The molecule has 0 radical (unpaired) electrons. The molecule has 0 bridgehead atoms. The van der Waals surface area contributed by atoms with Crippen LogP contribution in [0.1, 0.15) is 66.7 Å². The van der Waals surface area contributed by atoms with Gasteiger partial charge in [0.25, 0.3) is 11.8 Å². The second-order valence-corrected chi connectivity index (χ2v) is 6.86. The first-order valence-corrected chi connectivity index (χ1v) is 10.3. The highest BCUT2D eigenvalue weighted by Crippen LogP contribution is 2.13. The molecule has 0 saturated heterocycles.